The molecule has 0 saturated heterocycles. The molecule has 0 bridgehead atoms. The van der Waals surface area contributed by atoms with Crippen molar-refractivity contribution in [2.75, 3.05) is 14.1 Å². The van der Waals surface area contributed by atoms with Gasteiger partial charge in [-0.05, 0) is 38.8 Å². The fourth-order valence-electron chi connectivity index (χ4n) is 2.84. The van der Waals surface area contributed by atoms with Crippen LogP contribution in [0.15, 0.2) is 29.2 Å². The van der Waals surface area contributed by atoms with Gasteiger partial charge in [-0.1, -0.05) is 17.7 Å². The lowest BCUT2D eigenvalue weighted by atomic mass is 10.0. The summed E-state index contributed by atoms with van der Waals surface area (Å²) in [6.45, 7) is 3.36. The number of aryl methyl sites for hydroxylation is 1. The summed E-state index contributed by atoms with van der Waals surface area (Å²) in [6.07, 6.45) is -0.588. The average molecular weight is 341 g/mol. The molecule has 6 nitrogen and oxygen atoms in total. The van der Waals surface area contributed by atoms with E-state index in [1.807, 2.05) is 6.92 Å². The Morgan fingerprint density at radius 3 is 2.39 bits per heavy atom. The molecule has 1 aromatic carbocycles. The van der Waals surface area contributed by atoms with Gasteiger partial charge in [0.2, 0.25) is 5.91 Å². The van der Waals surface area contributed by atoms with Crippen LogP contribution >= 0.6 is 0 Å². The smallest absolute Gasteiger partial charge is 0.297 e. The van der Waals surface area contributed by atoms with Crippen LogP contribution < -0.4 is 0 Å². The fraction of sp³-hybridized carbons (Fsp3) is 0.562. The van der Waals surface area contributed by atoms with Crippen molar-refractivity contribution >= 4 is 16.0 Å². The topological polar surface area (TPSA) is 83.9 Å². The molecule has 23 heavy (non-hydrogen) atoms. The third-order valence-electron chi connectivity index (χ3n) is 4.19. The molecule has 1 aromatic rings. The van der Waals surface area contributed by atoms with Crippen LogP contribution in [0.25, 0.3) is 0 Å². The van der Waals surface area contributed by atoms with Crippen molar-refractivity contribution in [1.29, 1.82) is 0 Å². The Balaban J connectivity index is 2.18. The van der Waals surface area contributed by atoms with E-state index in [2.05, 4.69) is 0 Å². The van der Waals surface area contributed by atoms with Crippen LogP contribution in [0.3, 0.4) is 0 Å². The Hall–Kier alpha value is -1.44. The Bertz CT molecular complexity index is 679. The molecule has 0 aromatic heterocycles. The number of nitrogens with zero attached hydrogens (tertiary/aromatic N) is 1. The molecule has 1 saturated carbocycles. The van der Waals surface area contributed by atoms with E-state index in [0.717, 1.165) is 5.56 Å². The van der Waals surface area contributed by atoms with Crippen molar-refractivity contribution in [3.63, 3.8) is 0 Å². The van der Waals surface area contributed by atoms with E-state index < -0.39 is 27.7 Å². The summed E-state index contributed by atoms with van der Waals surface area (Å²) in [4.78, 5) is 13.5. The van der Waals surface area contributed by atoms with E-state index in [1.165, 1.54) is 24.0 Å². The second-order valence-electron chi connectivity index (χ2n) is 6.58. The molecule has 1 amide bonds. The first-order valence-electron chi connectivity index (χ1n) is 7.46. The van der Waals surface area contributed by atoms with E-state index in [0.29, 0.717) is 0 Å². The van der Waals surface area contributed by atoms with Gasteiger partial charge in [0.05, 0.1) is 10.5 Å². The van der Waals surface area contributed by atoms with Gasteiger partial charge in [0.1, 0.15) is 6.10 Å². The van der Waals surface area contributed by atoms with E-state index in [1.54, 1.807) is 26.2 Å². The van der Waals surface area contributed by atoms with Crippen molar-refractivity contribution in [2.45, 2.75) is 43.3 Å². The molecule has 2 rings (SSSR count). The predicted octanol–water partition coefficient (Wildman–Crippen LogP) is 1.32. The van der Waals surface area contributed by atoms with Crippen molar-refractivity contribution < 1.29 is 22.5 Å². The van der Waals surface area contributed by atoms with E-state index >= 15 is 0 Å². The average Bonchev–Trinajstić information content (AvgIpc) is 2.73. The number of hydrogen-bond acceptors (Lipinski definition) is 5. The highest BCUT2D eigenvalue weighted by atomic mass is 32.2. The number of hydrogen-bond donors (Lipinski definition) is 1. The third-order valence-corrected chi connectivity index (χ3v) is 5.53. The van der Waals surface area contributed by atoms with Crippen molar-refractivity contribution in [3.05, 3.63) is 29.8 Å². The highest BCUT2D eigenvalue weighted by Crippen LogP contribution is 2.39. The molecule has 0 radical (unpaired) electrons. The van der Waals surface area contributed by atoms with Gasteiger partial charge in [0.25, 0.3) is 10.1 Å². The van der Waals surface area contributed by atoms with Crippen molar-refractivity contribution in [2.24, 2.45) is 5.92 Å². The molecule has 1 aliphatic rings. The largest absolute Gasteiger partial charge is 0.387 e. The molecule has 128 valence electrons. The minimum atomic E-state index is -3.99. The number of benzene rings is 1. The summed E-state index contributed by atoms with van der Waals surface area (Å²) in [5, 5.41) is 10.4. The Morgan fingerprint density at radius 1 is 1.30 bits per heavy atom. The molecule has 3 atom stereocenters. The van der Waals surface area contributed by atoms with Crippen LogP contribution in [-0.2, 0) is 19.1 Å². The van der Waals surface area contributed by atoms with Crippen LogP contribution in [0.2, 0.25) is 0 Å². The maximum absolute atomic E-state index is 12.4. The van der Waals surface area contributed by atoms with Crippen LogP contribution in [0.4, 0.5) is 0 Å². The first kappa shape index (κ1) is 17.9. The maximum atomic E-state index is 12.4. The van der Waals surface area contributed by atoms with Crippen LogP contribution in [-0.4, -0.2) is 50.1 Å². The quantitative estimate of drug-likeness (QED) is 0.835. The normalized spacial score (nSPS) is 27.9. The molecule has 7 heteroatoms. The van der Waals surface area contributed by atoms with E-state index in [9.17, 15) is 18.3 Å². The van der Waals surface area contributed by atoms with Crippen LogP contribution in [0.5, 0.6) is 0 Å². The molecule has 1 fully saturated rings. The van der Waals surface area contributed by atoms with Gasteiger partial charge in [-0.2, -0.15) is 8.42 Å². The lowest BCUT2D eigenvalue weighted by Crippen LogP contribution is -2.37. The Kier molecular flexibility index (Phi) is 4.84. The fourth-order valence-corrected chi connectivity index (χ4v) is 4.01. The monoisotopic (exact) mass is 341 g/mol. The van der Waals surface area contributed by atoms with Crippen molar-refractivity contribution in [3.8, 4) is 0 Å². The van der Waals surface area contributed by atoms with E-state index in [4.69, 9.17) is 4.18 Å². The minimum Gasteiger partial charge on any atom is -0.387 e. The first-order valence-corrected chi connectivity index (χ1v) is 8.87. The molecule has 0 spiro atoms. The zero-order valence-electron chi connectivity index (χ0n) is 13.8. The molecule has 1 aliphatic carbocycles. The predicted molar refractivity (Wildman–Crippen MR) is 85.3 cm³/mol. The summed E-state index contributed by atoms with van der Waals surface area (Å²) in [5.41, 5.74) is -0.429. The zero-order valence-corrected chi connectivity index (χ0v) is 14.6. The van der Waals surface area contributed by atoms with Crippen LogP contribution in [0.1, 0.15) is 25.3 Å². The summed E-state index contributed by atoms with van der Waals surface area (Å²) < 4.78 is 30.0. The summed E-state index contributed by atoms with van der Waals surface area (Å²) in [7, 11) is -0.719. The summed E-state index contributed by atoms with van der Waals surface area (Å²) >= 11 is 0. The standard InChI is InChI=1S/C16H23NO5S/c1-11-5-7-13(8-6-11)23(20,21)22-14-9-12(10-16(14,2)19)15(18)17(3)4/h5-8,12,14,19H,9-10H2,1-4H3/t12-,14-,16+/m1/s1. The van der Waals surface area contributed by atoms with Gasteiger partial charge in [0.15, 0.2) is 0 Å². The second kappa shape index (κ2) is 6.22. The number of carbonyl (C=O) groups is 1. The molecular weight excluding hydrogens is 318 g/mol. The molecule has 0 unspecified atom stereocenters. The SMILES string of the molecule is Cc1ccc(S(=O)(=O)O[C@@H]2C[C@@H](C(=O)N(C)C)C[C@]2(C)O)cc1. The summed E-state index contributed by atoms with van der Waals surface area (Å²) in [6, 6.07) is 6.30. The van der Waals surface area contributed by atoms with Gasteiger partial charge in [-0.25, -0.2) is 0 Å². The zero-order chi connectivity index (χ0) is 17.4. The number of rotatable bonds is 4. The molecular formula is C16H23NO5S. The van der Waals surface area contributed by atoms with Gasteiger partial charge in [-0.15, -0.1) is 0 Å². The van der Waals surface area contributed by atoms with Gasteiger partial charge in [-0.3, -0.25) is 8.98 Å². The number of amides is 1. The second-order valence-corrected chi connectivity index (χ2v) is 8.15. The van der Waals surface area contributed by atoms with Gasteiger partial charge < -0.3 is 10.0 Å². The van der Waals surface area contributed by atoms with Gasteiger partial charge >= 0.3 is 0 Å². The number of aliphatic hydroxyl groups is 1. The van der Waals surface area contributed by atoms with Gasteiger partial charge in [0, 0.05) is 20.0 Å². The summed E-state index contributed by atoms with van der Waals surface area (Å²) in [5.74, 6) is -0.581. The molecule has 0 aliphatic heterocycles. The lowest BCUT2D eigenvalue weighted by molar-refractivity contribution is -0.133. The Morgan fingerprint density at radius 2 is 1.87 bits per heavy atom. The van der Waals surface area contributed by atoms with Crippen LogP contribution in [0, 0.1) is 12.8 Å². The lowest BCUT2D eigenvalue weighted by Gasteiger charge is -2.24. The van der Waals surface area contributed by atoms with Crippen molar-refractivity contribution in [1.82, 2.24) is 4.90 Å². The Labute approximate surface area is 137 Å². The molecule has 0 heterocycles. The first-order chi connectivity index (χ1) is 10.5. The highest BCUT2D eigenvalue weighted by Gasteiger charge is 2.48. The maximum Gasteiger partial charge on any atom is 0.297 e. The number of carbonyl (C=O) groups excluding carboxylic acids is 1. The highest BCUT2D eigenvalue weighted by molar-refractivity contribution is 7.86. The molecule has 1 N–H and O–H groups in total. The third kappa shape index (κ3) is 3.91. The minimum absolute atomic E-state index is 0.0429. The van der Waals surface area contributed by atoms with E-state index in [-0.39, 0.29) is 23.6 Å².